The van der Waals surface area contributed by atoms with E-state index >= 15 is 0 Å². The average Bonchev–Trinajstić information content (AvgIpc) is 3.41. The first kappa shape index (κ1) is 18.1. The highest BCUT2D eigenvalue weighted by atomic mass is 32.2. The molecule has 1 N–H and O–H groups in total. The third kappa shape index (κ3) is 3.90. The Bertz CT molecular complexity index is 902. The summed E-state index contributed by atoms with van der Waals surface area (Å²) in [5.74, 6) is -0.183. The monoisotopic (exact) mass is 390 g/mol. The van der Waals surface area contributed by atoms with Crippen LogP contribution in [0.1, 0.15) is 28.9 Å². The molecule has 9 heteroatoms. The minimum absolute atomic E-state index is 0.118. The van der Waals surface area contributed by atoms with Crippen molar-refractivity contribution < 1.29 is 17.9 Å². The summed E-state index contributed by atoms with van der Waals surface area (Å²) in [6, 6.07) is 5.40. The van der Waals surface area contributed by atoms with Crippen molar-refractivity contribution in [2.75, 3.05) is 26.3 Å². The number of hydrogen-bond acceptors (Lipinski definition) is 5. The smallest absolute Gasteiger partial charge is 0.270 e. The molecule has 1 saturated heterocycles. The molecule has 2 aromatic heterocycles. The van der Waals surface area contributed by atoms with Gasteiger partial charge in [0.2, 0.25) is 10.0 Å². The van der Waals surface area contributed by atoms with Crippen LogP contribution in [0.15, 0.2) is 41.7 Å². The number of sulfonamides is 1. The van der Waals surface area contributed by atoms with Crippen LogP contribution in [0.3, 0.4) is 0 Å². The molecule has 27 heavy (non-hydrogen) atoms. The Labute approximate surface area is 158 Å². The quantitative estimate of drug-likeness (QED) is 0.801. The topological polar surface area (TPSA) is 95.6 Å². The third-order valence-electron chi connectivity index (χ3n) is 4.85. The van der Waals surface area contributed by atoms with Gasteiger partial charge in [-0.1, -0.05) is 0 Å². The Morgan fingerprint density at radius 3 is 2.63 bits per heavy atom. The predicted molar refractivity (Wildman–Crippen MR) is 97.5 cm³/mol. The summed E-state index contributed by atoms with van der Waals surface area (Å²) in [7, 11) is -3.62. The van der Waals surface area contributed by atoms with Crippen LogP contribution < -0.4 is 0 Å². The molecule has 1 amide bonds. The van der Waals surface area contributed by atoms with Crippen molar-refractivity contribution in [1.82, 2.24) is 19.2 Å². The van der Waals surface area contributed by atoms with Crippen LogP contribution in [-0.4, -0.2) is 65.8 Å². The Hall–Kier alpha value is -2.23. The second-order valence-corrected chi connectivity index (χ2v) is 8.72. The van der Waals surface area contributed by atoms with Gasteiger partial charge in [-0.2, -0.15) is 4.31 Å². The van der Waals surface area contributed by atoms with Crippen LogP contribution in [0.4, 0.5) is 0 Å². The van der Waals surface area contributed by atoms with E-state index in [4.69, 9.17) is 4.74 Å². The Balaban J connectivity index is 1.53. The van der Waals surface area contributed by atoms with Crippen LogP contribution >= 0.6 is 0 Å². The summed E-state index contributed by atoms with van der Waals surface area (Å²) in [4.78, 5) is 21.8. The first-order valence-electron chi connectivity index (χ1n) is 9.02. The molecule has 2 fully saturated rings. The highest BCUT2D eigenvalue weighted by Gasteiger charge is 2.34. The van der Waals surface area contributed by atoms with E-state index in [0.29, 0.717) is 38.5 Å². The molecule has 0 unspecified atom stereocenters. The third-order valence-corrected chi connectivity index (χ3v) is 6.72. The molecule has 144 valence electrons. The van der Waals surface area contributed by atoms with Crippen LogP contribution in [0, 0.1) is 0 Å². The number of rotatable bonds is 6. The van der Waals surface area contributed by atoms with Crippen molar-refractivity contribution in [1.29, 1.82) is 0 Å². The summed E-state index contributed by atoms with van der Waals surface area (Å²) >= 11 is 0. The van der Waals surface area contributed by atoms with Crippen molar-refractivity contribution in [3.63, 3.8) is 0 Å². The van der Waals surface area contributed by atoms with E-state index in [2.05, 4.69) is 9.97 Å². The minimum Gasteiger partial charge on any atom is -0.379 e. The van der Waals surface area contributed by atoms with Gasteiger partial charge in [-0.15, -0.1) is 0 Å². The van der Waals surface area contributed by atoms with Gasteiger partial charge >= 0.3 is 0 Å². The van der Waals surface area contributed by atoms with E-state index in [0.717, 1.165) is 18.4 Å². The van der Waals surface area contributed by atoms with Crippen LogP contribution in [0.25, 0.3) is 0 Å². The van der Waals surface area contributed by atoms with Gasteiger partial charge in [0.05, 0.1) is 13.2 Å². The zero-order valence-electron chi connectivity index (χ0n) is 14.9. The lowest BCUT2D eigenvalue weighted by atomic mass is 10.2. The number of amides is 1. The van der Waals surface area contributed by atoms with Gasteiger partial charge in [-0.05, 0) is 36.6 Å². The first-order chi connectivity index (χ1) is 13.1. The number of carbonyl (C=O) groups is 1. The minimum atomic E-state index is -3.62. The molecule has 0 spiro atoms. The molecule has 3 heterocycles. The van der Waals surface area contributed by atoms with Crippen LogP contribution in [-0.2, 0) is 21.3 Å². The zero-order chi connectivity index (χ0) is 18.9. The number of carbonyl (C=O) groups excluding carboxylic acids is 1. The van der Waals surface area contributed by atoms with Gasteiger partial charge in [0.25, 0.3) is 5.91 Å². The number of hydrogen-bond donors (Lipinski definition) is 1. The van der Waals surface area contributed by atoms with E-state index in [-0.39, 0.29) is 16.8 Å². The van der Waals surface area contributed by atoms with E-state index in [1.54, 1.807) is 17.3 Å². The summed E-state index contributed by atoms with van der Waals surface area (Å²) in [6.07, 6.45) is 6.74. The first-order valence-corrected chi connectivity index (χ1v) is 10.5. The van der Waals surface area contributed by atoms with Gasteiger partial charge in [-0.25, -0.2) is 8.42 Å². The molecule has 8 nitrogen and oxygen atoms in total. The number of H-pyrrole nitrogens is 1. The lowest BCUT2D eigenvalue weighted by molar-refractivity contribution is 0.0723. The predicted octanol–water partition coefficient (Wildman–Crippen LogP) is 1.24. The number of ether oxygens (including phenoxy) is 1. The molecule has 2 aromatic rings. The highest BCUT2D eigenvalue weighted by molar-refractivity contribution is 7.89. The maximum atomic E-state index is 13.0. The molecule has 1 aliphatic heterocycles. The van der Waals surface area contributed by atoms with Crippen molar-refractivity contribution >= 4 is 15.9 Å². The van der Waals surface area contributed by atoms with E-state index in [1.807, 2.05) is 12.1 Å². The summed E-state index contributed by atoms with van der Waals surface area (Å²) in [6.45, 7) is 1.91. The largest absolute Gasteiger partial charge is 0.379 e. The average molecular weight is 390 g/mol. The molecule has 0 atom stereocenters. The van der Waals surface area contributed by atoms with Crippen molar-refractivity contribution in [3.8, 4) is 0 Å². The molecule has 2 aliphatic rings. The van der Waals surface area contributed by atoms with E-state index in [1.165, 1.54) is 16.6 Å². The molecule has 1 aliphatic carbocycles. The molecule has 0 aromatic carbocycles. The second kappa shape index (κ2) is 7.41. The number of nitrogens with one attached hydrogen (secondary N) is 1. The standard InChI is InChI=1S/C18H22N4O4S/c23-18(22(15-1-2-15)13-14-3-5-19-6-4-14)17-11-16(12-20-17)27(24,25)21-7-9-26-10-8-21/h3-6,11-12,15,20H,1-2,7-10,13H2. The van der Waals surface area contributed by atoms with Gasteiger partial charge in [0.15, 0.2) is 0 Å². The molecule has 0 bridgehead atoms. The molecule has 4 rings (SSSR count). The Kier molecular flexibility index (Phi) is 4.98. The number of nitrogens with zero attached hydrogens (tertiary/aromatic N) is 3. The number of aromatic nitrogens is 2. The summed E-state index contributed by atoms with van der Waals surface area (Å²) in [5, 5.41) is 0. The second-order valence-electron chi connectivity index (χ2n) is 6.79. The fraction of sp³-hybridized carbons (Fsp3) is 0.444. The maximum Gasteiger partial charge on any atom is 0.270 e. The van der Waals surface area contributed by atoms with Crippen LogP contribution in [0.5, 0.6) is 0 Å². The molecular weight excluding hydrogens is 368 g/mol. The van der Waals surface area contributed by atoms with Gasteiger partial charge in [0.1, 0.15) is 10.6 Å². The van der Waals surface area contributed by atoms with Crippen molar-refractivity contribution in [2.45, 2.75) is 30.3 Å². The zero-order valence-corrected chi connectivity index (χ0v) is 15.7. The Morgan fingerprint density at radius 1 is 1.26 bits per heavy atom. The maximum absolute atomic E-state index is 13.0. The summed E-state index contributed by atoms with van der Waals surface area (Å²) in [5.41, 5.74) is 1.29. The lowest BCUT2D eigenvalue weighted by Crippen LogP contribution is -2.40. The highest BCUT2D eigenvalue weighted by Crippen LogP contribution is 2.30. The number of pyridine rings is 1. The Morgan fingerprint density at radius 2 is 1.96 bits per heavy atom. The van der Waals surface area contributed by atoms with Crippen LogP contribution in [0.2, 0.25) is 0 Å². The van der Waals surface area contributed by atoms with E-state index < -0.39 is 10.0 Å². The SMILES string of the molecule is O=C(c1cc(S(=O)(=O)N2CCOCC2)c[nH]1)N(Cc1ccncc1)C1CC1. The molecule has 0 radical (unpaired) electrons. The lowest BCUT2D eigenvalue weighted by Gasteiger charge is -2.25. The van der Waals surface area contributed by atoms with Crippen molar-refractivity contribution in [3.05, 3.63) is 48.0 Å². The number of aromatic amines is 1. The fourth-order valence-electron chi connectivity index (χ4n) is 3.18. The van der Waals surface area contributed by atoms with E-state index in [9.17, 15) is 13.2 Å². The van der Waals surface area contributed by atoms with Gasteiger partial charge < -0.3 is 14.6 Å². The molecule has 1 saturated carbocycles. The fourth-order valence-corrected chi connectivity index (χ4v) is 4.58. The van der Waals surface area contributed by atoms with Crippen molar-refractivity contribution in [2.24, 2.45) is 0 Å². The van der Waals surface area contributed by atoms with Gasteiger partial charge in [0, 0.05) is 44.3 Å². The van der Waals surface area contributed by atoms with Gasteiger partial charge in [-0.3, -0.25) is 9.78 Å². The normalized spacial score (nSPS) is 18.4. The summed E-state index contributed by atoms with van der Waals surface area (Å²) < 4.78 is 32.1. The molecular formula is C18H22N4O4S. The number of morpholine rings is 1.